The molecule has 2 heterocycles. The first-order valence-electron chi connectivity index (χ1n) is 8.61. The van der Waals surface area contributed by atoms with Crippen molar-refractivity contribution in [1.29, 1.82) is 0 Å². The van der Waals surface area contributed by atoms with Crippen LogP contribution in [0.2, 0.25) is 10.0 Å². The van der Waals surface area contributed by atoms with E-state index < -0.39 is 21.9 Å². The molecule has 0 saturated carbocycles. The Morgan fingerprint density at radius 3 is 2.29 bits per heavy atom. The van der Waals surface area contributed by atoms with Gasteiger partial charge in [-0.15, -0.1) is 0 Å². The highest BCUT2D eigenvalue weighted by Crippen LogP contribution is 2.44. The number of hydrogen-bond donors (Lipinski definition) is 0. The standard InChI is InChI=1S/C19H13Cl2F3N2O3S2/c1-30-9-13-16(10-30)25-26(17-14(20)7-11(8-15(17)21)19(22,23)24)18(13)29-31(27,28)12-5-3-2-4-6-12/h2-8H,1,9-10H2. The fraction of sp³-hybridized carbons (Fsp3) is 0.158. The molecule has 31 heavy (non-hydrogen) atoms. The van der Waals surface area contributed by atoms with Gasteiger partial charge in [-0.3, -0.25) is 0 Å². The zero-order valence-corrected chi connectivity index (χ0v) is 18.6. The molecular weight excluding hydrogens is 496 g/mol. The van der Waals surface area contributed by atoms with Crippen molar-refractivity contribution in [3.8, 4) is 11.6 Å². The molecule has 0 spiro atoms. The van der Waals surface area contributed by atoms with E-state index in [0.717, 1.165) is 4.68 Å². The second-order valence-electron chi connectivity index (χ2n) is 6.68. The minimum atomic E-state index is -4.66. The predicted molar refractivity (Wildman–Crippen MR) is 115 cm³/mol. The highest BCUT2D eigenvalue weighted by Gasteiger charge is 2.35. The Labute approximate surface area is 188 Å². The van der Waals surface area contributed by atoms with E-state index in [4.69, 9.17) is 27.4 Å². The number of alkyl halides is 3. The molecule has 1 atom stereocenters. The molecule has 0 N–H and O–H groups in total. The zero-order valence-electron chi connectivity index (χ0n) is 15.5. The molecule has 1 aliphatic heterocycles. The van der Waals surface area contributed by atoms with E-state index >= 15 is 0 Å². The number of hydrogen-bond acceptors (Lipinski definition) is 4. The average Bonchev–Trinajstić information content (AvgIpc) is 3.18. The van der Waals surface area contributed by atoms with E-state index in [2.05, 4.69) is 11.0 Å². The predicted octanol–water partition coefficient (Wildman–Crippen LogP) is 5.68. The van der Waals surface area contributed by atoms with Crippen LogP contribution in [-0.4, -0.2) is 24.1 Å². The minimum Gasteiger partial charge on any atom is -0.358 e. The smallest absolute Gasteiger partial charge is 0.358 e. The highest BCUT2D eigenvalue weighted by atomic mass is 35.5. The van der Waals surface area contributed by atoms with Crippen LogP contribution in [0, 0.1) is 0 Å². The Kier molecular flexibility index (Phi) is 5.61. The number of nitrogens with zero attached hydrogens (tertiary/aromatic N) is 2. The van der Waals surface area contributed by atoms with Gasteiger partial charge >= 0.3 is 16.3 Å². The third kappa shape index (κ3) is 4.21. The number of fused-ring (bicyclic) bond motifs is 1. The molecule has 3 aromatic rings. The fourth-order valence-corrected chi connectivity index (χ4v) is 6.13. The summed E-state index contributed by atoms with van der Waals surface area (Å²) in [6, 6.07) is 8.86. The zero-order chi connectivity index (χ0) is 22.6. The van der Waals surface area contributed by atoms with Crippen molar-refractivity contribution in [3.63, 3.8) is 0 Å². The molecule has 4 rings (SSSR count). The van der Waals surface area contributed by atoms with Crippen LogP contribution in [0.25, 0.3) is 5.69 Å². The molecule has 0 saturated heterocycles. The quantitative estimate of drug-likeness (QED) is 0.336. The second kappa shape index (κ2) is 7.84. The van der Waals surface area contributed by atoms with Gasteiger partial charge in [0.15, 0.2) is 0 Å². The lowest BCUT2D eigenvalue weighted by Gasteiger charge is -2.15. The van der Waals surface area contributed by atoms with Crippen LogP contribution >= 0.6 is 33.7 Å². The molecule has 0 fully saturated rings. The molecule has 164 valence electrons. The third-order valence-corrected chi connectivity index (χ3v) is 7.67. The normalized spacial score (nSPS) is 16.4. The van der Waals surface area contributed by atoms with Crippen LogP contribution in [0.5, 0.6) is 5.88 Å². The Bertz CT molecular complexity index is 1280. The Balaban J connectivity index is 1.88. The van der Waals surface area contributed by atoms with E-state index in [9.17, 15) is 21.6 Å². The van der Waals surface area contributed by atoms with E-state index in [-0.39, 0.29) is 37.0 Å². The molecular formula is C19H13Cl2F3N2O3S2. The molecule has 5 nitrogen and oxygen atoms in total. The van der Waals surface area contributed by atoms with Gasteiger partial charge in [-0.25, -0.2) is 0 Å². The SMILES string of the molecule is C=S1Cc2nn(-c3c(Cl)cc(C(F)(F)F)cc3Cl)c(OS(=O)(=O)c3ccccc3)c2C1. The van der Waals surface area contributed by atoms with Gasteiger partial charge in [-0.1, -0.05) is 47.3 Å². The van der Waals surface area contributed by atoms with Gasteiger partial charge in [-0.05, 0) is 24.3 Å². The largest absolute Gasteiger partial charge is 0.416 e. The van der Waals surface area contributed by atoms with Crippen LogP contribution in [0.1, 0.15) is 16.8 Å². The van der Waals surface area contributed by atoms with Crippen molar-refractivity contribution in [2.75, 3.05) is 0 Å². The topological polar surface area (TPSA) is 61.2 Å². The molecule has 2 aromatic carbocycles. The number of rotatable bonds is 4. The number of halogens is 5. The van der Waals surface area contributed by atoms with E-state index in [1.165, 1.54) is 24.3 Å². The first kappa shape index (κ1) is 22.2. The summed E-state index contributed by atoms with van der Waals surface area (Å²) in [4.78, 5) is -0.0901. The van der Waals surface area contributed by atoms with Gasteiger partial charge < -0.3 is 4.18 Å². The van der Waals surface area contributed by atoms with Crippen molar-refractivity contribution in [2.45, 2.75) is 22.6 Å². The fourth-order valence-electron chi connectivity index (χ4n) is 3.10. The first-order chi connectivity index (χ1) is 14.5. The summed E-state index contributed by atoms with van der Waals surface area (Å²) in [5.41, 5.74) is -0.105. The maximum Gasteiger partial charge on any atom is 0.416 e. The van der Waals surface area contributed by atoms with Gasteiger partial charge in [0.05, 0.1) is 21.3 Å². The van der Waals surface area contributed by atoms with Gasteiger partial charge in [0, 0.05) is 17.1 Å². The number of benzene rings is 2. The van der Waals surface area contributed by atoms with Gasteiger partial charge in [-0.2, -0.15) is 41.9 Å². The lowest BCUT2D eigenvalue weighted by molar-refractivity contribution is -0.137. The Morgan fingerprint density at radius 2 is 1.71 bits per heavy atom. The van der Waals surface area contributed by atoms with Crippen molar-refractivity contribution in [3.05, 3.63) is 69.3 Å². The van der Waals surface area contributed by atoms with E-state index in [0.29, 0.717) is 34.9 Å². The summed E-state index contributed by atoms with van der Waals surface area (Å²) in [7, 11) is -4.58. The number of aromatic nitrogens is 2. The summed E-state index contributed by atoms with van der Waals surface area (Å²) in [5, 5.41) is 3.65. The van der Waals surface area contributed by atoms with E-state index in [1.54, 1.807) is 6.07 Å². The van der Waals surface area contributed by atoms with Crippen molar-refractivity contribution < 1.29 is 25.8 Å². The maximum absolute atomic E-state index is 13.1. The van der Waals surface area contributed by atoms with Crippen LogP contribution in [0.4, 0.5) is 13.2 Å². The molecule has 0 radical (unpaired) electrons. The maximum atomic E-state index is 13.1. The third-order valence-electron chi connectivity index (χ3n) is 4.49. The highest BCUT2D eigenvalue weighted by molar-refractivity contribution is 8.12. The van der Waals surface area contributed by atoms with Crippen molar-refractivity contribution >= 4 is 49.7 Å². The lowest BCUT2D eigenvalue weighted by Crippen LogP contribution is -2.14. The van der Waals surface area contributed by atoms with E-state index in [1.807, 2.05) is 0 Å². The minimum absolute atomic E-state index is 0.0901. The molecule has 1 aliphatic rings. The summed E-state index contributed by atoms with van der Waals surface area (Å²) in [5.74, 6) is 4.71. The first-order valence-corrected chi connectivity index (χ1v) is 12.5. The average molecular weight is 509 g/mol. The van der Waals surface area contributed by atoms with Gasteiger partial charge in [0.25, 0.3) is 0 Å². The lowest BCUT2D eigenvalue weighted by atomic mass is 10.2. The summed E-state index contributed by atoms with van der Waals surface area (Å²) >= 11 is 12.3. The van der Waals surface area contributed by atoms with Crippen molar-refractivity contribution in [2.24, 2.45) is 0 Å². The summed E-state index contributed by atoms with van der Waals surface area (Å²) in [6.07, 6.45) is -4.66. The van der Waals surface area contributed by atoms with Crippen LogP contribution in [0.3, 0.4) is 0 Å². The summed E-state index contributed by atoms with van der Waals surface area (Å²) in [6.45, 7) is 0. The van der Waals surface area contributed by atoms with Crippen LogP contribution in [-0.2, 0) is 27.8 Å². The molecule has 1 aromatic heterocycles. The summed E-state index contributed by atoms with van der Waals surface area (Å²) < 4.78 is 71.4. The molecule has 12 heteroatoms. The van der Waals surface area contributed by atoms with Gasteiger partial charge in [0.2, 0.25) is 5.88 Å². The van der Waals surface area contributed by atoms with Crippen LogP contribution in [0.15, 0.2) is 47.4 Å². The van der Waals surface area contributed by atoms with Crippen molar-refractivity contribution in [1.82, 2.24) is 9.78 Å². The molecule has 1 unspecified atom stereocenters. The molecule has 0 bridgehead atoms. The Morgan fingerprint density at radius 1 is 1.10 bits per heavy atom. The van der Waals surface area contributed by atoms with Crippen LogP contribution < -0.4 is 4.18 Å². The Hall–Kier alpha value is -2.01. The second-order valence-corrected chi connectivity index (χ2v) is 10.8. The monoisotopic (exact) mass is 508 g/mol. The van der Waals surface area contributed by atoms with Gasteiger partial charge in [0.1, 0.15) is 10.6 Å². The molecule has 0 amide bonds. The molecule has 0 aliphatic carbocycles.